The third kappa shape index (κ3) is 16.0. The quantitative estimate of drug-likeness (QED) is 0.0536. The summed E-state index contributed by atoms with van der Waals surface area (Å²) in [6.07, 6.45) is 24.8. The lowest BCUT2D eigenvalue weighted by Crippen LogP contribution is -2.50. The molecule has 52 heavy (non-hydrogen) atoms. The average Bonchev–Trinajstić information content (AvgIpc) is 3.16. The standard InChI is InChI=1S/C43H61N3O6/c1-4-5-6-7-8-9-10-11-12-13-14-15-16-17-21-27-39(47)46-43(52-33-35-23-19-18-20-24-35)30-28-36(29-31-43)41(49)44-34(2)40(48)45-38-26-22-25-37(32-38)42(50)51-3/h18-20,22-26,28-30,32,34H,4-17,21,27,31,33H2,1-3H3,(H,44,49)(H,45,48)(H,46,47)/t34-,43?/m0/s1. The Bertz CT molecular complexity index is 1460. The third-order valence-electron chi connectivity index (χ3n) is 9.41. The molecule has 0 bridgehead atoms. The first kappa shape index (κ1) is 42.2. The van der Waals surface area contributed by atoms with Crippen molar-refractivity contribution < 1.29 is 28.7 Å². The highest BCUT2D eigenvalue weighted by Crippen LogP contribution is 2.25. The van der Waals surface area contributed by atoms with Crippen molar-refractivity contribution in [1.82, 2.24) is 10.6 Å². The second-order valence-corrected chi connectivity index (χ2v) is 13.9. The van der Waals surface area contributed by atoms with Crippen LogP contribution < -0.4 is 16.0 Å². The summed E-state index contributed by atoms with van der Waals surface area (Å²) in [7, 11) is 1.29. The highest BCUT2D eigenvalue weighted by atomic mass is 16.5. The molecule has 284 valence electrons. The lowest BCUT2D eigenvalue weighted by atomic mass is 9.97. The van der Waals surface area contributed by atoms with Crippen LogP contribution in [0.1, 0.15) is 139 Å². The van der Waals surface area contributed by atoms with Crippen LogP contribution in [0.25, 0.3) is 0 Å². The first-order valence-corrected chi connectivity index (χ1v) is 19.4. The molecule has 1 aliphatic rings. The molecule has 2 atom stereocenters. The number of rotatable bonds is 25. The molecule has 0 heterocycles. The molecule has 0 spiro atoms. The van der Waals surface area contributed by atoms with Crippen LogP contribution in [0.5, 0.6) is 0 Å². The molecule has 3 amide bonds. The number of esters is 1. The normalized spacial score (nSPS) is 15.7. The lowest BCUT2D eigenvalue weighted by Gasteiger charge is -2.33. The zero-order valence-corrected chi connectivity index (χ0v) is 31.7. The number of carbonyl (C=O) groups is 4. The van der Waals surface area contributed by atoms with Crippen LogP contribution in [-0.4, -0.2) is 42.6 Å². The van der Waals surface area contributed by atoms with E-state index >= 15 is 0 Å². The van der Waals surface area contributed by atoms with Gasteiger partial charge in [-0.25, -0.2) is 4.79 Å². The lowest BCUT2D eigenvalue weighted by molar-refractivity contribution is -0.131. The van der Waals surface area contributed by atoms with Gasteiger partial charge >= 0.3 is 5.97 Å². The number of benzene rings is 2. The molecular formula is C43H61N3O6. The number of nitrogens with one attached hydrogen (secondary N) is 3. The molecule has 0 aromatic heterocycles. The minimum Gasteiger partial charge on any atom is -0.465 e. The Labute approximate surface area is 311 Å². The summed E-state index contributed by atoms with van der Waals surface area (Å²) in [5.41, 5.74) is 0.944. The van der Waals surface area contributed by atoms with E-state index in [2.05, 4.69) is 22.9 Å². The first-order chi connectivity index (χ1) is 25.2. The monoisotopic (exact) mass is 715 g/mol. The molecule has 9 heteroatoms. The Morgan fingerprint density at radius 1 is 0.788 bits per heavy atom. The predicted molar refractivity (Wildman–Crippen MR) is 208 cm³/mol. The van der Waals surface area contributed by atoms with Gasteiger partial charge in [0.1, 0.15) is 6.04 Å². The molecule has 1 unspecified atom stereocenters. The molecule has 9 nitrogen and oxygen atoms in total. The third-order valence-corrected chi connectivity index (χ3v) is 9.41. The van der Waals surface area contributed by atoms with Gasteiger partial charge in [-0.15, -0.1) is 0 Å². The first-order valence-electron chi connectivity index (χ1n) is 19.4. The smallest absolute Gasteiger partial charge is 0.337 e. The predicted octanol–water partition coefficient (Wildman–Crippen LogP) is 9.09. The Kier molecular flexibility index (Phi) is 19.5. The number of anilines is 1. The molecule has 2 aromatic carbocycles. The maximum atomic E-state index is 13.1. The number of unbranched alkanes of at least 4 members (excludes halogenated alkanes) is 14. The molecule has 3 N–H and O–H groups in total. The fourth-order valence-corrected chi connectivity index (χ4v) is 6.21. The number of ether oxygens (including phenoxy) is 2. The van der Waals surface area contributed by atoms with Gasteiger partial charge in [-0.2, -0.15) is 0 Å². The van der Waals surface area contributed by atoms with E-state index in [1.54, 1.807) is 43.4 Å². The second kappa shape index (κ2) is 24.1. The van der Waals surface area contributed by atoms with E-state index in [0.717, 1.165) is 24.8 Å². The average molecular weight is 716 g/mol. The molecule has 0 saturated heterocycles. The van der Waals surface area contributed by atoms with Crippen LogP contribution in [-0.2, 0) is 30.5 Å². The van der Waals surface area contributed by atoms with E-state index in [9.17, 15) is 19.2 Å². The van der Waals surface area contributed by atoms with Gasteiger partial charge in [0.2, 0.25) is 11.8 Å². The van der Waals surface area contributed by atoms with Crippen LogP contribution in [0, 0.1) is 0 Å². The Morgan fingerprint density at radius 3 is 1.98 bits per heavy atom. The Balaban J connectivity index is 1.42. The van der Waals surface area contributed by atoms with Gasteiger partial charge in [-0.1, -0.05) is 139 Å². The topological polar surface area (TPSA) is 123 Å². The number of carbonyl (C=O) groups excluding carboxylic acids is 4. The fraction of sp³-hybridized carbons (Fsp3) is 0.535. The van der Waals surface area contributed by atoms with Gasteiger partial charge in [-0.3, -0.25) is 14.4 Å². The largest absolute Gasteiger partial charge is 0.465 e. The summed E-state index contributed by atoms with van der Waals surface area (Å²) in [6, 6.07) is 15.2. The van der Waals surface area contributed by atoms with E-state index in [-0.39, 0.29) is 18.9 Å². The van der Waals surface area contributed by atoms with Crippen molar-refractivity contribution in [2.45, 2.75) is 141 Å². The molecule has 0 saturated carbocycles. The molecule has 0 fully saturated rings. The van der Waals surface area contributed by atoms with E-state index < -0.39 is 29.6 Å². The van der Waals surface area contributed by atoms with E-state index in [1.807, 2.05) is 30.3 Å². The summed E-state index contributed by atoms with van der Waals surface area (Å²) < 4.78 is 11.1. The van der Waals surface area contributed by atoms with E-state index in [0.29, 0.717) is 23.2 Å². The molecule has 2 aromatic rings. The van der Waals surface area contributed by atoms with Crippen LogP contribution >= 0.6 is 0 Å². The van der Waals surface area contributed by atoms with Crippen molar-refractivity contribution in [2.75, 3.05) is 12.4 Å². The highest BCUT2D eigenvalue weighted by Gasteiger charge is 2.32. The van der Waals surface area contributed by atoms with Gasteiger partial charge in [0.05, 0.1) is 19.3 Å². The van der Waals surface area contributed by atoms with Gasteiger partial charge in [0.25, 0.3) is 5.91 Å². The van der Waals surface area contributed by atoms with Gasteiger partial charge in [0.15, 0.2) is 5.72 Å². The number of hydrogen-bond donors (Lipinski definition) is 3. The van der Waals surface area contributed by atoms with Crippen molar-refractivity contribution in [3.63, 3.8) is 0 Å². The maximum Gasteiger partial charge on any atom is 0.337 e. The summed E-state index contributed by atoms with van der Waals surface area (Å²) in [4.78, 5) is 50.9. The summed E-state index contributed by atoms with van der Waals surface area (Å²) >= 11 is 0. The van der Waals surface area contributed by atoms with E-state index in [4.69, 9.17) is 9.47 Å². The van der Waals surface area contributed by atoms with Gasteiger partial charge in [-0.05, 0) is 49.3 Å². The van der Waals surface area contributed by atoms with Gasteiger partial charge < -0.3 is 25.4 Å². The minimum atomic E-state index is -1.10. The zero-order valence-electron chi connectivity index (χ0n) is 31.7. The number of methoxy groups -OCH3 is 1. The van der Waals surface area contributed by atoms with Crippen molar-refractivity contribution in [1.29, 1.82) is 0 Å². The van der Waals surface area contributed by atoms with E-state index in [1.165, 1.54) is 90.2 Å². The van der Waals surface area contributed by atoms with Crippen molar-refractivity contribution in [3.8, 4) is 0 Å². The second-order valence-electron chi connectivity index (χ2n) is 13.9. The highest BCUT2D eigenvalue weighted by molar-refractivity contribution is 6.02. The van der Waals surface area contributed by atoms with Crippen molar-refractivity contribution in [2.24, 2.45) is 0 Å². The number of hydrogen-bond acceptors (Lipinski definition) is 6. The fourth-order valence-electron chi connectivity index (χ4n) is 6.21. The number of amides is 3. The molecule has 1 aliphatic carbocycles. The zero-order chi connectivity index (χ0) is 37.4. The van der Waals surface area contributed by atoms with Gasteiger partial charge in [0, 0.05) is 24.1 Å². The van der Waals surface area contributed by atoms with Crippen LogP contribution in [0.2, 0.25) is 0 Å². The Hall–Kier alpha value is -4.24. The molecular weight excluding hydrogens is 654 g/mol. The summed E-state index contributed by atoms with van der Waals surface area (Å²) in [6.45, 7) is 4.13. The molecule has 0 aliphatic heterocycles. The molecule has 3 rings (SSSR count). The van der Waals surface area contributed by atoms with Crippen molar-refractivity contribution in [3.05, 3.63) is 89.5 Å². The minimum absolute atomic E-state index is 0.0877. The maximum absolute atomic E-state index is 13.1. The molecule has 0 radical (unpaired) electrons. The summed E-state index contributed by atoms with van der Waals surface area (Å²) in [5, 5.41) is 8.54. The Morgan fingerprint density at radius 2 is 1.40 bits per heavy atom. The van der Waals surface area contributed by atoms with Crippen LogP contribution in [0.3, 0.4) is 0 Å². The van der Waals surface area contributed by atoms with Crippen molar-refractivity contribution >= 4 is 29.4 Å². The van der Waals surface area contributed by atoms with Crippen LogP contribution in [0.4, 0.5) is 5.69 Å². The van der Waals surface area contributed by atoms with Crippen LogP contribution in [0.15, 0.2) is 78.4 Å². The SMILES string of the molecule is CCCCCCCCCCCCCCCCCC(=O)NC1(OCc2ccccc2)C=CC(C(=O)N[C@@H](C)C(=O)Nc2cccc(C(=O)OC)c2)=CC1. The summed E-state index contributed by atoms with van der Waals surface area (Å²) in [5.74, 6) is -1.47.